The minimum Gasteiger partial charge on any atom is -0.0794 e. The van der Waals surface area contributed by atoms with Crippen LogP contribution in [0.1, 0.15) is 40.5 Å². The lowest BCUT2D eigenvalue weighted by atomic mass is 9.84. The Bertz CT molecular complexity index is 151. The zero-order valence-corrected chi connectivity index (χ0v) is 7.57. The topological polar surface area (TPSA) is 0 Å². The van der Waals surface area contributed by atoms with Gasteiger partial charge in [-0.25, -0.2) is 0 Å². The zero-order valence-electron chi connectivity index (χ0n) is 7.57. The summed E-state index contributed by atoms with van der Waals surface area (Å²) in [4.78, 5) is 0. The largest absolute Gasteiger partial charge is 0.0794 e. The van der Waals surface area contributed by atoms with Crippen LogP contribution in [0.4, 0.5) is 0 Å². The highest BCUT2D eigenvalue weighted by molar-refractivity contribution is 5.16. The zero-order chi connectivity index (χ0) is 7.78. The van der Waals surface area contributed by atoms with Gasteiger partial charge >= 0.3 is 0 Å². The molecular weight excluding hydrogens is 120 g/mol. The smallest absolute Gasteiger partial charge is 0.0143 e. The van der Waals surface area contributed by atoms with Gasteiger partial charge in [-0.1, -0.05) is 39.3 Å². The molecule has 0 saturated heterocycles. The molecule has 0 fully saturated rings. The van der Waals surface area contributed by atoms with E-state index in [2.05, 4.69) is 33.8 Å². The SMILES string of the molecule is CCC1=CC(C)(C)C(C)C1. The highest BCUT2D eigenvalue weighted by Gasteiger charge is 2.29. The van der Waals surface area contributed by atoms with Gasteiger partial charge in [0.1, 0.15) is 0 Å². The van der Waals surface area contributed by atoms with Gasteiger partial charge in [-0.05, 0) is 24.2 Å². The Balaban J connectivity index is 2.71. The van der Waals surface area contributed by atoms with Gasteiger partial charge in [0.25, 0.3) is 0 Å². The van der Waals surface area contributed by atoms with E-state index >= 15 is 0 Å². The first-order valence-corrected chi connectivity index (χ1v) is 4.27. The molecule has 0 heteroatoms. The molecule has 0 spiro atoms. The first-order valence-electron chi connectivity index (χ1n) is 4.27. The number of hydrogen-bond acceptors (Lipinski definition) is 0. The fourth-order valence-corrected chi connectivity index (χ4v) is 1.63. The standard InChI is InChI=1S/C10H18/c1-5-9-6-8(2)10(3,4)7-9/h7-8H,5-6H2,1-4H3. The monoisotopic (exact) mass is 138 g/mol. The molecule has 0 amide bonds. The van der Waals surface area contributed by atoms with Crippen LogP contribution in [0, 0.1) is 11.3 Å². The van der Waals surface area contributed by atoms with Gasteiger partial charge in [-0.3, -0.25) is 0 Å². The lowest BCUT2D eigenvalue weighted by Crippen LogP contribution is -2.12. The summed E-state index contributed by atoms with van der Waals surface area (Å²) in [5.41, 5.74) is 2.11. The minimum atomic E-state index is 0.464. The number of rotatable bonds is 1. The van der Waals surface area contributed by atoms with Gasteiger partial charge in [-0.2, -0.15) is 0 Å². The third-order valence-corrected chi connectivity index (χ3v) is 2.87. The first-order chi connectivity index (χ1) is 4.56. The summed E-state index contributed by atoms with van der Waals surface area (Å²) < 4.78 is 0. The summed E-state index contributed by atoms with van der Waals surface area (Å²) in [5.74, 6) is 0.849. The predicted molar refractivity (Wildman–Crippen MR) is 45.9 cm³/mol. The van der Waals surface area contributed by atoms with Gasteiger partial charge < -0.3 is 0 Å². The molecule has 1 aliphatic carbocycles. The Labute approximate surface area is 64.3 Å². The van der Waals surface area contributed by atoms with Crippen LogP contribution < -0.4 is 0 Å². The third kappa shape index (κ3) is 1.25. The van der Waals surface area contributed by atoms with Crippen LogP contribution in [0.5, 0.6) is 0 Å². The summed E-state index contributed by atoms with van der Waals surface area (Å²) in [7, 11) is 0. The molecule has 1 rings (SSSR count). The minimum absolute atomic E-state index is 0.464. The van der Waals surface area contributed by atoms with E-state index in [1.807, 2.05) is 0 Å². The quantitative estimate of drug-likeness (QED) is 0.487. The van der Waals surface area contributed by atoms with E-state index in [1.165, 1.54) is 12.8 Å². The maximum absolute atomic E-state index is 2.46. The van der Waals surface area contributed by atoms with Crippen LogP contribution in [0.15, 0.2) is 11.6 Å². The first kappa shape index (κ1) is 7.84. The summed E-state index contributed by atoms with van der Waals surface area (Å²) >= 11 is 0. The van der Waals surface area contributed by atoms with Gasteiger partial charge in [0.2, 0.25) is 0 Å². The van der Waals surface area contributed by atoms with Crippen molar-refractivity contribution in [1.82, 2.24) is 0 Å². The van der Waals surface area contributed by atoms with Crippen LogP contribution >= 0.6 is 0 Å². The molecule has 1 unspecified atom stereocenters. The van der Waals surface area contributed by atoms with E-state index in [0.29, 0.717) is 5.41 Å². The second-order valence-electron chi connectivity index (χ2n) is 4.08. The van der Waals surface area contributed by atoms with Gasteiger partial charge in [0.15, 0.2) is 0 Å². The van der Waals surface area contributed by atoms with Crippen molar-refractivity contribution < 1.29 is 0 Å². The molecule has 0 aromatic rings. The van der Waals surface area contributed by atoms with Crippen molar-refractivity contribution >= 4 is 0 Å². The highest BCUT2D eigenvalue weighted by atomic mass is 14.3. The highest BCUT2D eigenvalue weighted by Crippen LogP contribution is 2.41. The molecule has 0 radical (unpaired) electrons. The fourth-order valence-electron chi connectivity index (χ4n) is 1.63. The van der Waals surface area contributed by atoms with Crippen LogP contribution in [0.2, 0.25) is 0 Å². The Morgan fingerprint density at radius 3 is 2.40 bits per heavy atom. The molecule has 0 N–H and O–H groups in total. The molecule has 0 aliphatic heterocycles. The Kier molecular flexibility index (Phi) is 1.89. The van der Waals surface area contributed by atoms with E-state index < -0.39 is 0 Å². The van der Waals surface area contributed by atoms with E-state index in [4.69, 9.17) is 0 Å². The average Bonchev–Trinajstić information content (AvgIpc) is 2.08. The lowest BCUT2D eigenvalue weighted by molar-refractivity contribution is 0.334. The van der Waals surface area contributed by atoms with E-state index in [0.717, 1.165) is 5.92 Å². The van der Waals surface area contributed by atoms with Gasteiger partial charge in [-0.15, -0.1) is 0 Å². The Morgan fingerprint density at radius 1 is 1.60 bits per heavy atom. The van der Waals surface area contributed by atoms with E-state index in [1.54, 1.807) is 5.57 Å². The second-order valence-corrected chi connectivity index (χ2v) is 4.08. The van der Waals surface area contributed by atoms with E-state index in [9.17, 15) is 0 Å². The van der Waals surface area contributed by atoms with Crippen LogP contribution in [0.25, 0.3) is 0 Å². The summed E-state index contributed by atoms with van der Waals surface area (Å²) in [6.07, 6.45) is 5.02. The number of allylic oxidation sites excluding steroid dienone is 2. The van der Waals surface area contributed by atoms with Crippen molar-refractivity contribution in [2.45, 2.75) is 40.5 Å². The molecule has 10 heavy (non-hydrogen) atoms. The molecule has 0 aromatic heterocycles. The molecule has 1 atom stereocenters. The normalized spacial score (nSPS) is 30.4. The molecule has 0 bridgehead atoms. The predicted octanol–water partition coefficient (Wildman–Crippen LogP) is 3.39. The maximum Gasteiger partial charge on any atom is -0.0143 e. The maximum atomic E-state index is 2.46. The van der Waals surface area contributed by atoms with Gasteiger partial charge in [0.05, 0.1) is 0 Å². The van der Waals surface area contributed by atoms with Crippen molar-refractivity contribution in [3.63, 3.8) is 0 Å². The Morgan fingerprint density at radius 2 is 2.20 bits per heavy atom. The Hall–Kier alpha value is -0.260. The van der Waals surface area contributed by atoms with Gasteiger partial charge in [0, 0.05) is 0 Å². The van der Waals surface area contributed by atoms with Crippen molar-refractivity contribution in [3.05, 3.63) is 11.6 Å². The summed E-state index contributed by atoms with van der Waals surface area (Å²) in [6, 6.07) is 0. The summed E-state index contributed by atoms with van der Waals surface area (Å²) in [5, 5.41) is 0. The summed E-state index contributed by atoms with van der Waals surface area (Å²) in [6.45, 7) is 9.26. The molecule has 0 saturated carbocycles. The molecule has 58 valence electrons. The van der Waals surface area contributed by atoms with Crippen LogP contribution in [-0.4, -0.2) is 0 Å². The van der Waals surface area contributed by atoms with E-state index in [-0.39, 0.29) is 0 Å². The van der Waals surface area contributed by atoms with Crippen molar-refractivity contribution in [2.24, 2.45) is 11.3 Å². The molecular formula is C10H18. The van der Waals surface area contributed by atoms with Crippen LogP contribution in [0.3, 0.4) is 0 Å². The lowest BCUT2D eigenvalue weighted by Gasteiger charge is -2.21. The molecule has 1 aliphatic rings. The molecule has 0 nitrogen and oxygen atoms in total. The average molecular weight is 138 g/mol. The van der Waals surface area contributed by atoms with Crippen molar-refractivity contribution in [1.29, 1.82) is 0 Å². The fraction of sp³-hybridized carbons (Fsp3) is 0.800. The van der Waals surface area contributed by atoms with Crippen molar-refractivity contribution in [3.8, 4) is 0 Å². The second kappa shape index (κ2) is 2.41. The van der Waals surface area contributed by atoms with Crippen LogP contribution in [-0.2, 0) is 0 Å². The molecule has 0 heterocycles. The van der Waals surface area contributed by atoms with Crippen molar-refractivity contribution in [2.75, 3.05) is 0 Å². The third-order valence-electron chi connectivity index (χ3n) is 2.87. The molecule has 0 aromatic carbocycles. The number of hydrogen-bond donors (Lipinski definition) is 0.